The fourth-order valence-electron chi connectivity index (χ4n) is 3.31. The van der Waals surface area contributed by atoms with Gasteiger partial charge in [-0.1, -0.05) is 72.8 Å². The minimum atomic E-state index is -0.558. The monoisotopic (exact) mass is 375 g/mol. The van der Waals surface area contributed by atoms with Gasteiger partial charge in [-0.15, -0.1) is 0 Å². The average Bonchev–Trinajstić information content (AvgIpc) is 3.45. The lowest BCUT2D eigenvalue weighted by Crippen LogP contribution is -2.20. The fourth-order valence-corrected chi connectivity index (χ4v) is 3.82. The Morgan fingerprint density at radius 1 is 1.00 bits per heavy atom. The molecule has 0 bridgehead atoms. The zero-order valence-electron chi connectivity index (χ0n) is 15.0. The van der Waals surface area contributed by atoms with Gasteiger partial charge in [-0.25, -0.2) is 4.99 Å². The number of rotatable bonds is 6. The summed E-state index contributed by atoms with van der Waals surface area (Å²) in [7, 11) is 1.67. The zero-order valence-corrected chi connectivity index (χ0v) is 15.8. The maximum absolute atomic E-state index is 6.36. The van der Waals surface area contributed by atoms with Gasteiger partial charge in [0.2, 0.25) is 0 Å². The van der Waals surface area contributed by atoms with Gasteiger partial charge in [-0.3, -0.25) is 5.32 Å². The van der Waals surface area contributed by atoms with Crippen molar-refractivity contribution in [3.63, 3.8) is 0 Å². The maximum Gasteiger partial charge on any atom is 0.158 e. The van der Waals surface area contributed by atoms with Crippen LogP contribution in [-0.2, 0) is 9.85 Å². The van der Waals surface area contributed by atoms with Crippen molar-refractivity contribution in [2.45, 2.75) is 16.6 Å². The van der Waals surface area contributed by atoms with Crippen LogP contribution >= 0.6 is 12.0 Å². The third-order valence-electron chi connectivity index (χ3n) is 4.65. The van der Waals surface area contributed by atoms with E-state index in [1.807, 2.05) is 60.7 Å². The first-order valence-corrected chi connectivity index (χ1v) is 9.52. The molecule has 0 amide bonds. The molecule has 1 fully saturated rings. The van der Waals surface area contributed by atoms with E-state index in [-0.39, 0.29) is 6.04 Å². The summed E-state index contributed by atoms with van der Waals surface area (Å²) >= 11 is 1.35. The number of benzene rings is 3. The Morgan fingerprint density at radius 2 is 1.70 bits per heavy atom. The van der Waals surface area contributed by atoms with Gasteiger partial charge in [0.15, 0.2) is 5.66 Å². The molecular weight excluding hydrogens is 354 g/mol. The van der Waals surface area contributed by atoms with Crippen LogP contribution in [-0.4, -0.2) is 12.9 Å². The van der Waals surface area contributed by atoms with Crippen molar-refractivity contribution < 1.29 is 4.18 Å². The largest absolute Gasteiger partial charge is 0.383 e. The molecule has 1 aliphatic rings. The molecule has 3 aromatic rings. The Hall–Kier alpha value is -2.60. The summed E-state index contributed by atoms with van der Waals surface area (Å²) in [6.45, 7) is 0. The number of aliphatic imine (C=N–C) groups is 1. The van der Waals surface area contributed by atoms with Gasteiger partial charge in [0.1, 0.15) is 5.84 Å². The second-order valence-corrected chi connectivity index (χ2v) is 7.37. The summed E-state index contributed by atoms with van der Waals surface area (Å²) in [5.74, 6) is 0.525. The van der Waals surface area contributed by atoms with Crippen LogP contribution < -0.4 is 11.1 Å². The van der Waals surface area contributed by atoms with Crippen LogP contribution in [0.4, 0.5) is 0 Å². The number of amidine groups is 1. The molecule has 3 aromatic carbocycles. The van der Waals surface area contributed by atoms with Gasteiger partial charge in [0.25, 0.3) is 0 Å². The second kappa shape index (κ2) is 7.56. The van der Waals surface area contributed by atoms with Crippen molar-refractivity contribution in [2.75, 3.05) is 7.11 Å². The average molecular weight is 375 g/mol. The summed E-state index contributed by atoms with van der Waals surface area (Å²) in [5.41, 5.74) is 8.98. The summed E-state index contributed by atoms with van der Waals surface area (Å²) in [6, 6.07) is 28.5. The Kier molecular flexibility index (Phi) is 4.99. The summed E-state index contributed by atoms with van der Waals surface area (Å²) in [5, 5.41) is 3.57. The first-order valence-electron chi connectivity index (χ1n) is 8.77. The van der Waals surface area contributed by atoms with Crippen molar-refractivity contribution in [2.24, 2.45) is 10.7 Å². The topological polar surface area (TPSA) is 69.5 Å². The quantitative estimate of drug-likeness (QED) is 0.293. The van der Waals surface area contributed by atoms with Crippen LogP contribution in [0.25, 0.3) is 0 Å². The fraction of sp³-hybridized carbons (Fsp3) is 0.136. The lowest BCUT2D eigenvalue weighted by atomic mass is 9.99. The van der Waals surface area contributed by atoms with Crippen LogP contribution in [0.2, 0.25) is 0 Å². The van der Waals surface area contributed by atoms with Gasteiger partial charge >= 0.3 is 0 Å². The van der Waals surface area contributed by atoms with Crippen molar-refractivity contribution >= 4 is 17.9 Å². The summed E-state index contributed by atoms with van der Waals surface area (Å²) in [6.07, 6.45) is 0. The molecule has 0 saturated carbocycles. The molecule has 27 heavy (non-hydrogen) atoms. The molecule has 1 heterocycles. The number of hydrogen-bond acceptors (Lipinski definition) is 4. The van der Waals surface area contributed by atoms with Gasteiger partial charge in [-0.2, -0.15) is 0 Å². The molecule has 4 nitrogen and oxygen atoms in total. The van der Waals surface area contributed by atoms with E-state index in [0.29, 0.717) is 5.84 Å². The van der Waals surface area contributed by atoms with E-state index in [0.717, 1.165) is 21.6 Å². The Labute approximate surface area is 163 Å². The van der Waals surface area contributed by atoms with E-state index < -0.39 is 5.66 Å². The SMILES string of the molecule is COSc1cccc(C2NC2(/N=C(\N)c2ccccc2)c2ccccc2)c1. The number of nitrogens with zero attached hydrogens (tertiary/aromatic N) is 1. The highest BCUT2D eigenvalue weighted by atomic mass is 32.2. The highest BCUT2D eigenvalue weighted by Gasteiger charge is 2.56. The Balaban J connectivity index is 1.73. The van der Waals surface area contributed by atoms with E-state index in [1.165, 1.54) is 12.0 Å². The third kappa shape index (κ3) is 3.62. The third-order valence-corrected chi connectivity index (χ3v) is 5.26. The molecule has 0 aromatic heterocycles. The first kappa shape index (κ1) is 17.8. The van der Waals surface area contributed by atoms with Gasteiger partial charge < -0.3 is 9.92 Å². The van der Waals surface area contributed by atoms with Gasteiger partial charge in [0.05, 0.1) is 13.2 Å². The summed E-state index contributed by atoms with van der Waals surface area (Å²) in [4.78, 5) is 6.00. The molecule has 0 spiro atoms. The van der Waals surface area contributed by atoms with E-state index >= 15 is 0 Å². The number of nitrogens with one attached hydrogen (secondary N) is 1. The van der Waals surface area contributed by atoms with Crippen molar-refractivity contribution in [3.8, 4) is 0 Å². The van der Waals surface area contributed by atoms with Crippen molar-refractivity contribution in [1.82, 2.24) is 5.32 Å². The lowest BCUT2D eigenvalue weighted by Gasteiger charge is -2.13. The number of hydrogen-bond donors (Lipinski definition) is 2. The Bertz CT molecular complexity index is 946. The molecule has 4 rings (SSSR count). The normalized spacial score (nSPS) is 21.8. The molecule has 1 aliphatic heterocycles. The van der Waals surface area contributed by atoms with Gasteiger partial charge in [-0.05, 0) is 23.3 Å². The molecule has 3 N–H and O–H groups in total. The number of nitrogens with two attached hydrogens (primary N) is 1. The summed E-state index contributed by atoms with van der Waals surface area (Å²) < 4.78 is 5.19. The van der Waals surface area contributed by atoms with E-state index in [1.54, 1.807) is 7.11 Å². The standard InChI is InChI=1S/C22H21N3OS/c1-26-27-19-14-8-11-17(15-19)20-22(24-20,18-12-6-3-7-13-18)25-21(23)16-9-4-2-5-10-16/h2-15,20,24H,1H3,(H2,23,25). The van der Waals surface area contributed by atoms with Crippen LogP contribution in [0, 0.1) is 0 Å². The Morgan fingerprint density at radius 3 is 2.41 bits per heavy atom. The molecular formula is C22H21N3OS. The zero-order chi connectivity index (χ0) is 18.7. The van der Waals surface area contributed by atoms with Crippen LogP contribution in [0.1, 0.15) is 22.7 Å². The van der Waals surface area contributed by atoms with Crippen LogP contribution in [0.5, 0.6) is 0 Å². The van der Waals surface area contributed by atoms with Crippen molar-refractivity contribution in [3.05, 3.63) is 102 Å². The van der Waals surface area contributed by atoms with E-state index in [4.69, 9.17) is 14.9 Å². The smallest absolute Gasteiger partial charge is 0.158 e. The van der Waals surface area contributed by atoms with Crippen LogP contribution in [0.3, 0.4) is 0 Å². The lowest BCUT2D eigenvalue weighted by molar-refractivity contribution is 0.490. The molecule has 136 valence electrons. The first-order chi connectivity index (χ1) is 13.2. The minimum Gasteiger partial charge on any atom is -0.383 e. The minimum absolute atomic E-state index is 0.0552. The predicted molar refractivity (Wildman–Crippen MR) is 110 cm³/mol. The molecule has 0 aliphatic carbocycles. The molecule has 0 radical (unpaired) electrons. The highest BCUT2D eigenvalue weighted by Crippen LogP contribution is 2.50. The maximum atomic E-state index is 6.36. The van der Waals surface area contributed by atoms with Gasteiger partial charge in [0, 0.05) is 22.5 Å². The van der Waals surface area contributed by atoms with E-state index in [2.05, 4.69) is 29.6 Å². The molecule has 2 atom stereocenters. The molecule has 1 saturated heterocycles. The van der Waals surface area contributed by atoms with E-state index in [9.17, 15) is 0 Å². The predicted octanol–water partition coefficient (Wildman–Crippen LogP) is 4.24. The van der Waals surface area contributed by atoms with Crippen molar-refractivity contribution in [1.29, 1.82) is 0 Å². The highest BCUT2D eigenvalue weighted by molar-refractivity contribution is 7.94. The molecule has 5 heteroatoms. The second-order valence-electron chi connectivity index (χ2n) is 6.40. The molecule has 2 unspecified atom stereocenters. The van der Waals surface area contributed by atoms with Crippen LogP contribution in [0.15, 0.2) is 94.8 Å².